The Morgan fingerprint density at radius 1 is 0.568 bits per heavy atom. The maximum atomic E-state index is 10.1. The molecular weight excluding hydrogens is 464 g/mol. The largest absolute Gasteiger partial charge is 0.496 e. The van der Waals surface area contributed by atoms with Crippen molar-refractivity contribution in [2.45, 2.75) is 40.6 Å². The van der Waals surface area contributed by atoms with Crippen molar-refractivity contribution in [3.8, 4) is 39.5 Å². The van der Waals surface area contributed by atoms with Gasteiger partial charge in [0.25, 0.3) is 0 Å². The number of methoxy groups -OCH3 is 2. The molecule has 0 saturated heterocycles. The van der Waals surface area contributed by atoms with E-state index in [4.69, 9.17) is 14.2 Å². The lowest BCUT2D eigenvalue weighted by atomic mass is 9.90. The summed E-state index contributed by atoms with van der Waals surface area (Å²) in [4.78, 5) is 0. The fraction of sp³-hybridized carbons (Fsp3) is 0.250. The summed E-state index contributed by atoms with van der Waals surface area (Å²) >= 11 is 0. The van der Waals surface area contributed by atoms with Crippen LogP contribution in [0.3, 0.4) is 0 Å². The second-order valence-corrected chi connectivity index (χ2v) is 9.29. The van der Waals surface area contributed by atoms with Crippen LogP contribution in [0.2, 0.25) is 0 Å². The summed E-state index contributed by atoms with van der Waals surface area (Å²) in [7, 11) is 3.23. The molecule has 0 unspecified atom stereocenters. The molecule has 0 aliphatic carbocycles. The summed E-state index contributed by atoms with van der Waals surface area (Å²) < 4.78 is 18.2. The van der Waals surface area contributed by atoms with Crippen LogP contribution in [0, 0.1) is 20.8 Å². The Balaban J connectivity index is 2.04. The van der Waals surface area contributed by atoms with E-state index in [-0.39, 0.29) is 13.2 Å². The van der Waals surface area contributed by atoms with Gasteiger partial charge in [0.2, 0.25) is 0 Å². The monoisotopic (exact) mass is 498 g/mol. The van der Waals surface area contributed by atoms with E-state index in [0.29, 0.717) is 35.0 Å². The minimum atomic E-state index is -0.137. The molecule has 0 aliphatic rings. The smallest absolute Gasteiger partial charge is 0.135 e. The summed E-state index contributed by atoms with van der Waals surface area (Å²) in [6.07, 6.45) is 0. The zero-order valence-corrected chi connectivity index (χ0v) is 22.1. The number of aliphatic hydroxyl groups is 2. The molecule has 0 aliphatic heterocycles. The number of rotatable bonds is 9. The van der Waals surface area contributed by atoms with Crippen molar-refractivity contribution in [3.63, 3.8) is 0 Å². The van der Waals surface area contributed by atoms with Gasteiger partial charge in [0.05, 0.1) is 27.4 Å². The quantitative estimate of drug-likeness (QED) is 0.275. The van der Waals surface area contributed by atoms with E-state index >= 15 is 0 Å². The Kier molecular flexibility index (Phi) is 8.17. The standard InChI is InChI=1S/C32H34O5/c1-20-11-24(17-33)30(35-4)26(13-20)28-15-22(3)16-29(32(28)37-19-23-9-7-6-8-10-23)27-14-21(2)12-25(18-34)31(27)36-5/h6-16,33-34H,17-19H2,1-5H3. The van der Waals surface area contributed by atoms with Gasteiger partial charge in [-0.25, -0.2) is 0 Å². The molecule has 4 rings (SSSR count). The van der Waals surface area contributed by atoms with Crippen LogP contribution in [0.25, 0.3) is 22.3 Å². The normalized spacial score (nSPS) is 10.9. The maximum Gasteiger partial charge on any atom is 0.135 e. The lowest BCUT2D eigenvalue weighted by Crippen LogP contribution is -2.03. The molecule has 0 aromatic heterocycles. The van der Waals surface area contributed by atoms with Crippen molar-refractivity contribution in [3.05, 3.63) is 100 Å². The molecule has 0 saturated carbocycles. The third-order valence-corrected chi connectivity index (χ3v) is 6.41. The average Bonchev–Trinajstić information content (AvgIpc) is 2.91. The fourth-order valence-electron chi connectivity index (χ4n) is 4.87. The highest BCUT2D eigenvalue weighted by atomic mass is 16.5. The van der Waals surface area contributed by atoms with Gasteiger partial charge in [0.1, 0.15) is 23.9 Å². The maximum absolute atomic E-state index is 10.1. The first kappa shape index (κ1) is 26.3. The molecule has 4 aromatic rings. The molecule has 0 bridgehead atoms. The first-order valence-electron chi connectivity index (χ1n) is 12.3. The predicted octanol–water partition coefficient (Wildman–Crippen LogP) is 6.53. The van der Waals surface area contributed by atoms with Crippen LogP contribution in [-0.2, 0) is 19.8 Å². The van der Waals surface area contributed by atoms with Crippen LogP contribution in [-0.4, -0.2) is 24.4 Å². The molecule has 0 fully saturated rings. The van der Waals surface area contributed by atoms with E-state index in [1.807, 2.05) is 63.2 Å². The third-order valence-electron chi connectivity index (χ3n) is 6.41. The van der Waals surface area contributed by atoms with Crippen molar-refractivity contribution in [2.75, 3.05) is 14.2 Å². The molecule has 192 valence electrons. The second kappa shape index (κ2) is 11.5. The summed E-state index contributed by atoms with van der Waals surface area (Å²) in [5.74, 6) is 1.90. The van der Waals surface area contributed by atoms with E-state index in [0.717, 1.165) is 44.5 Å². The number of aliphatic hydroxyl groups excluding tert-OH is 2. The molecular formula is C32H34O5. The zero-order valence-electron chi connectivity index (χ0n) is 22.1. The summed E-state index contributed by atoms with van der Waals surface area (Å²) in [5.41, 5.74) is 8.91. The Morgan fingerprint density at radius 3 is 1.38 bits per heavy atom. The molecule has 2 N–H and O–H groups in total. The van der Waals surface area contributed by atoms with E-state index in [2.05, 4.69) is 24.3 Å². The topological polar surface area (TPSA) is 68.2 Å². The molecule has 0 radical (unpaired) electrons. The summed E-state index contributed by atoms with van der Waals surface area (Å²) in [5, 5.41) is 20.1. The van der Waals surface area contributed by atoms with E-state index in [9.17, 15) is 10.2 Å². The van der Waals surface area contributed by atoms with Gasteiger partial charge in [-0.15, -0.1) is 0 Å². The minimum absolute atomic E-state index is 0.137. The number of ether oxygens (including phenoxy) is 3. The number of hydrogen-bond donors (Lipinski definition) is 2. The predicted molar refractivity (Wildman–Crippen MR) is 147 cm³/mol. The Bertz CT molecular complexity index is 1310. The molecule has 5 nitrogen and oxygen atoms in total. The average molecular weight is 499 g/mol. The molecule has 0 spiro atoms. The number of benzene rings is 4. The molecule has 37 heavy (non-hydrogen) atoms. The van der Waals surface area contributed by atoms with Crippen LogP contribution in [0.1, 0.15) is 33.4 Å². The van der Waals surface area contributed by atoms with Crippen molar-refractivity contribution >= 4 is 0 Å². The zero-order chi connectivity index (χ0) is 26.5. The molecule has 4 aromatic carbocycles. The van der Waals surface area contributed by atoms with Gasteiger partial charge in [-0.3, -0.25) is 0 Å². The third kappa shape index (κ3) is 5.48. The van der Waals surface area contributed by atoms with Crippen LogP contribution >= 0.6 is 0 Å². The fourth-order valence-corrected chi connectivity index (χ4v) is 4.87. The number of hydrogen-bond acceptors (Lipinski definition) is 5. The van der Waals surface area contributed by atoms with Gasteiger partial charge < -0.3 is 24.4 Å². The van der Waals surface area contributed by atoms with Crippen molar-refractivity contribution < 1.29 is 24.4 Å². The SMILES string of the molecule is COc1c(CO)cc(C)cc1-c1cc(C)cc(-c2cc(C)cc(CO)c2OC)c1OCc1ccccc1. The molecule has 0 atom stereocenters. The molecule has 5 heteroatoms. The second-order valence-electron chi connectivity index (χ2n) is 9.29. The lowest BCUT2D eigenvalue weighted by Gasteiger charge is -2.22. The van der Waals surface area contributed by atoms with E-state index in [1.165, 1.54) is 0 Å². The summed E-state index contributed by atoms with van der Waals surface area (Å²) in [6, 6.07) is 22.2. The summed E-state index contributed by atoms with van der Waals surface area (Å²) in [6.45, 7) is 6.13. The van der Waals surface area contributed by atoms with E-state index in [1.54, 1.807) is 14.2 Å². The van der Waals surface area contributed by atoms with Crippen LogP contribution in [0.15, 0.2) is 66.7 Å². The minimum Gasteiger partial charge on any atom is -0.496 e. The Hall–Kier alpha value is -3.80. The molecule has 0 heterocycles. The van der Waals surface area contributed by atoms with Crippen LogP contribution < -0.4 is 14.2 Å². The first-order valence-corrected chi connectivity index (χ1v) is 12.3. The first-order chi connectivity index (χ1) is 17.9. The van der Waals surface area contributed by atoms with E-state index < -0.39 is 0 Å². The Morgan fingerprint density at radius 2 is 0.973 bits per heavy atom. The van der Waals surface area contributed by atoms with Gasteiger partial charge in [-0.05, 0) is 67.3 Å². The van der Waals surface area contributed by atoms with Crippen LogP contribution in [0.4, 0.5) is 0 Å². The highest BCUT2D eigenvalue weighted by Gasteiger charge is 2.23. The molecule has 0 amide bonds. The van der Waals surface area contributed by atoms with Crippen molar-refractivity contribution in [2.24, 2.45) is 0 Å². The lowest BCUT2D eigenvalue weighted by molar-refractivity contribution is 0.273. The highest BCUT2D eigenvalue weighted by molar-refractivity contribution is 5.88. The van der Waals surface area contributed by atoms with Gasteiger partial charge in [0, 0.05) is 33.4 Å². The van der Waals surface area contributed by atoms with Gasteiger partial charge >= 0.3 is 0 Å². The number of aryl methyl sites for hydroxylation is 3. The Labute approximate surface area is 218 Å². The van der Waals surface area contributed by atoms with Crippen molar-refractivity contribution in [1.29, 1.82) is 0 Å². The van der Waals surface area contributed by atoms with Crippen LogP contribution in [0.5, 0.6) is 17.2 Å². The van der Waals surface area contributed by atoms with Gasteiger partial charge in [0.15, 0.2) is 0 Å². The van der Waals surface area contributed by atoms with Crippen molar-refractivity contribution in [1.82, 2.24) is 0 Å². The highest BCUT2D eigenvalue weighted by Crippen LogP contribution is 2.47. The van der Waals surface area contributed by atoms with Gasteiger partial charge in [-0.2, -0.15) is 0 Å². The van der Waals surface area contributed by atoms with Gasteiger partial charge in [-0.1, -0.05) is 42.5 Å².